The maximum atomic E-state index is 13.1. The van der Waals surface area contributed by atoms with Crippen LogP contribution in [0.15, 0.2) is 12.3 Å². The molecule has 1 fully saturated rings. The Morgan fingerprint density at radius 2 is 2.11 bits per heavy atom. The van der Waals surface area contributed by atoms with E-state index in [4.69, 9.17) is 11.6 Å². The van der Waals surface area contributed by atoms with E-state index in [2.05, 4.69) is 18.8 Å². The molecule has 0 bridgehead atoms. The van der Waals surface area contributed by atoms with Crippen LogP contribution in [-0.2, 0) is 0 Å². The van der Waals surface area contributed by atoms with Crippen molar-refractivity contribution in [2.75, 3.05) is 13.1 Å². The summed E-state index contributed by atoms with van der Waals surface area (Å²) in [5, 5.41) is 0.802. The van der Waals surface area contributed by atoms with Gasteiger partial charge in [-0.25, -0.2) is 9.37 Å². The van der Waals surface area contributed by atoms with Gasteiger partial charge in [-0.05, 0) is 6.07 Å². The van der Waals surface area contributed by atoms with Crippen molar-refractivity contribution in [1.29, 1.82) is 0 Å². The molecule has 2 unspecified atom stereocenters. The summed E-state index contributed by atoms with van der Waals surface area (Å²) < 4.78 is 13.1. The summed E-state index contributed by atoms with van der Waals surface area (Å²) in [5.74, 6) is -0.791. The van der Waals surface area contributed by atoms with E-state index in [1.54, 1.807) is 4.90 Å². The Morgan fingerprint density at radius 1 is 1.50 bits per heavy atom. The highest BCUT2D eigenvalue weighted by Gasteiger charge is 2.28. The van der Waals surface area contributed by atoms with E-state index in [1.807, 2.05) is 11.8 Å². The average Bonchev–Trinajstić information content (AvgIpc) is 2.30. The predicted molar refractivity (Wildman–Crippen MR) is 71.6 cm³/mol. The molecule has 1 aromatic heterocycles. The van der Waals surface area contributed by atoms with Crippen molar-refractivity contribution >= 4 is 29.3 Å². The number of hydrogen-bond acceptors (Lipinski definition) is 3. The van der Waals surface area contributed by atoms with Gasteiger partial charge in [-0.2, -0.15) is 11.8 Å². The Labute approximate surface area is 115 Å². The lowest BCUT2D eigenvalue weighted by Gasteiger charge is -2.34. The first-order valence-electron chi connectivity index (χ1n) is 5.73. The first kappa shape index (κ1) is 13.6. The molecule has 0 radical (unpaired) electrons. The van der Waals surface area contributed by atoms with Crippen LogP contribution in [0.5, 0.6) is 0 Å². The Hall–Kier alpha value is -0.810. The van der Waals surface area contributed by atoms with Crippen molar-refractivity contribution in [3.63, 3.8) is 0 Å². The van der Waals surface area contributed by atoms with E-state index in [-0.39, 0.29) is 16.6 Å². The van der Waals surface area contributed by atoms with Crippen LogP contribution in [0.4, 0.5) is 4.39 Å². The molecule has 2 heterocycles. The highest BCUT2D eigenvalue weighted by atomic mass is 35.5. The molecule has 0 saturated carbocycles. The van der Waals surface area contributed by atoms with Gasteiger partial charge in [0.05, 0.1) is 11.8 Å². The molecule has 0 spiro atoms. The topological polar surface area (TPSA) is 33.2 Å². The van der Waals surface area contributed by atoms with Crippen LogP contribution in [0.3, 0.4) is 0 Å². The van der Waals surface area contributed by atoms with Crippen LogP contribution in [0.1, 0.15) is 24.2 Å². The van der Waals surface area contributed by atoms with Crippen LogP contribution >= 0.6 is 23.4 Å². The molecule has 1 aromatic rings. The molecule has 1 amide bonds. The Bertz CT molecular complexity index is 461. The largest absolute Gasteiger partial charge is 0.336 e. The van der Waals surface area contributed by atoms with Crippen LogP contribution < -0.4 is 0 Å². The second-order valence-corrected chi connectivity index (χ2v) is 6.70. The number of pyridine rings is 1. The first-order chi connectivity index (χ1) is 8.47. The minimum atomic E-state index is -0.546. The third kappa shape index (κ3) is 2.95. The van der Waals surface area contributed by atoms with Gasteiger partial charge in [0.15, 0.2) is 0 Å². The maximum absolute atomic E-state index is 13.1. The van der Waals surface area contributed by atoms with Crippen molar-refractivity contribution in [2.24, 2.45) is 0 Å². The molecule has 3 nitrogen and oxygen atoms in total. The maximum Gasteiger partial charge on any atom is 0.257 e. The summed E-state index contributed by atoms with van der Waals surface area (Å²) in [6.07, 6.45) is 1.01. The smallest absolute Gasteiger partial charge is 0.257 e. The summed E-state index contributed by atoms with van der Waals surface area (Å²) in [6.45, 7) is 5.46. The molecular weight excluding hydrogens is 275 g/mol. The predicted octanol–water partition coefficient (Wildman–Crippen LogP) is 2.84. The molecule has 0 aromatic carbocycles. The molecular formula is C12H14ClFN2OS. The zero-order valence-electron chi connectivity index (χ0n) is 10.2. The summed E-state index contributed by atoms with van der Waals surface area (Å²) in [7, 11) is 0. The quantitative estimate of drug-likeness (QED) is 0.745. The zero-order chi connectivity index (χ0) is 13.3. The van der Waals surface area contributed by atoms with Gasteiger partial charge in [-0.3, -0.25) is 4.79 Å². The number of hydrogen-bond donors (Lipinski definition) is 0. The Kier molecular flexibility index (Phi) is 4.12. The average molecular weight is 289 g/mol. The van der Waals surface area contributed by atoms with E-state index >= 15 is 0 Å². The first-order valence-corrected chi connectivity index (χ1v) is 7.05. The lowest BCUT2D eigenvalue weighted by molar-refractivity contribution is 0.0752. The minimum absolute atomic E-state index is 0.0555. The van der Waals surface area contributed by atoms with E-state index in [0.29, 0.717) is 23.6 Å². The van der Waals surface area contributed by atoms with Crippen molar-refractivity contribution < 1.29 is 9.18 Å². The molecule has 18 heavy (non-hydrogen) atoms. The highest BCUT2D eigenvalue weighted by Crippen LogP contribution is 2.26. The fourth-order valence-electron chi connectivity index (χ4n) is 2.09. The van der Waals surface area contributed by atoms with Crippen molar-refractivity contribution in [3.05, 3.63) is 28.8 Å². The number of thioether (sulfide) groups is 1. The normalized spacial score (nSPS) is 24.1. The summed E-state index contributed by atoms with van der Waals surface area (Å²) in [6, 6.07) is 1.15. The van der Waals surface area contributed by atoms with E-state index in [0.717, 1.165) is 12.3 Å². The molecule has 0 aliphatic carbocycles. The lowest BCUT2D eigenvalue weighted by atomic mass is 10.2. The monoisotopic (exact) mass is 288 g/mol. The van der Waals surface area contributed by atoms with E-state index in [1.165, 1.54) is 0 Å². The van der Waals surface area contributed by atoms with Crippen molar-refractivity contribution in [3.8, 4) is 0 Å². The number of amides is 1. The van der Waals surface area contributed by atoms with Crippen LogP contribution in [0.25, 0.3) is 0 Å². The minimum Gasteiger partial charge on any atom is -0.336 e. The molecule has 0 N–H and O–H groups in total. The second-order valence-electron chi connectivity index (χ2n) is 4.46. The number of rotatable bonds is 1. The third-order valence-electron chi connectivity index (χ3n) is 2.74. The van der Waals surface area contributed by atoms with Crippen molar-refractivity contribution in [2.45, 2.75) is 24.3 Å². The van der Waals surface area contributed by atoms with Gasteiger partial charge in [0.2, 0.25) is 0 Å². The van der Waals surface area contributed by atoms with Gasteiger partial charge in [0.1, 0.15) is 11.0 Å². The standard InChI is InChI=1S/C12H14ClFN2OS/c1-7-5-16(6-8(2)18-7)12(17)10-3-9(14)4-15-11(10)13/h3-4,7-8H,5-6H2,1-2H3. The summed E-state index contributed by atoms with van der Waals surface area (Å²) in [5.41, 5.74) is 0.142. The number of aromatic nitrogens is 1. The van der Waals surface area contributed by atoms with Gasteiger partial charge in [-0.15, -0.1) is 0 Å². The van der Waals surface area contributed by atoms with Crippen LogP contribution in [0.2, 0.25) is 5.15 Å². The highest BCUT2D eigenvalue weighted by molar-refractivity contribution is 8.00. The zero-order valence-corrected chi connectivity index (χ0v) is 11.8. The van der Waals surface area contributed by atoms with Gasteiger partial charge >= 0.3 is 0 Å². The molecule has 1 saturated heterocycles. The van der Waals surface area contributed by atoms with Gasteiger partial charge in [0.25, 0.3) is 5.91 Å². The number of carbonyl (C=O) groups is 1. The number of carbonyl (C=O) groups excluding carboxylic acids is 1. The fraction of sp³-hybridized carbons (Fsp3) is 0.500. The van der Waals surface area contributed by atoms with Crippen molar-refractivity contribution in [1.82, 2.24) is 9.88 Å². The van der Waals surface area contributed by atoms with Crippen LogP contribution in [0, 0.1) is 5.82 Å². The SMILES string of the molecule is CC1CN(C(=O)c2cc(F)cnc2Cl)CC(C)S1. The molecule has 2 rings (SSSR count). The second kappa shape index (κ2) is 5.45. The summed E-state index contributed by atoms with van der Waals surface area (Å²) in [4.78, 5) is 17.7. The Balaban J connectivity index is 2.22. The fourth-order valence-corrected chi connectivity index (χ4v) is 3.60. The molecule has 2 atom stereocenters. The van der Waals surface area contributed by atoms with E-state index < -0.39 is 5.82 Å². The van der Waals surface area contributed by atoms with Gasteiger partial charge < -0.3 is 4.90 Å². The Morgan fingerprint density at radius 3 is 2.72 bits per heavy atom. The van der Waals surface area contributed by atoms with Gasteiger partial charge in [0, 0.05) is 23.6 Å². The van der Waals surface area contributed by atoms with E-state index in [9.17, 15) is 9.18 Å². The molecule has 1 aliphatic rings. The number of nitrogens with zero attached hydrogens (tertiary/aromatic N) is 2. The van der Waals surface area contributed by atoms with Crippen LogP contribution in [-0.4, -0.2) is 39.4 Å². The molecule has 6 heteroatoms. The molecule has 1 aliphatic heterocycles. The number of halogens is 2. The third-order valence-corrected chi connectivity index (χ3v) is 4.27. The molecule has 98 valence electrons. The lowest BCUT2D eigenvalue weighted by Crippen LogP contribution is -2.44. The van der Waals surface area contributed by atoms with Gasteiger partial charge in [-0.1, -0.05) is 25.4 Å². The summed E-state index contributed by atoms with van der Waals surface area (Å²) >= 11 is 7.70.